The zero-order chi connectivity index (χ0) is 20.4. The van der Waals surface area contributed by atoms with Crippen LogP contribution in [-0.2, 0) is 23.8 Å². The summed E-state index contributed by atoms with van der Waals surface area (Å²) in [6.07, 6.45) is 1.76. The number of nitrogens with one attached hydrogen (secondary N) is 1. The molecule has 0 saturated carbocycles. The van der Waals surface area contributed by atoms with Crippen molar-refractivity contribution in [3.63, 3.8) is 0 Å². The van der Waals surface area contributed by atoms with Gasteiger partial charge in [0.1, 0.15) is 9.88 Å². The van der Waals surface area contributed by atoms with E-state index in [1.165, 1.54) is 0 Å². The summed E-state index contributed by atoms with van der Waals surface area (Å²) in [5, 5.41) is 2.67. The first kappa shape index (κ1) is 22.6. The highest BCUT2D eigenvalue weighted by Gasteiger charge is 2.27. The largest absolute Gasteiger partial charge is 0.462 e. The van der Waals surface area contributed by atoms with Crippen LogP contribution in [0.1, 0.15) is 65.6 Å². The van der Waals surface area contributed by atoms with Gasteiger partial charge in [0.05, 0.1) is 18.8 Å². The second-order valence-corrected chi connectivity index (χ2v) is 6.53. The molecule has 9 heteroatoms. The summed E-state index contributed by atoms with van der Waals surface area (Å²) in [4.78, 5) is 48.1. The van der Waals surface area contributed by atoms with Crippen molar-refractivity contribution in [3.05, 3.63) is 16.0 Å². The second kappa shape index (κ2) is 11.3. The highest BCUT2D eigenvalue weighted by Crippen LogP contribution is 2.34. The van der Waals surface area contributed by atoms with Gasteiger partial charge in [0.25, 0.3) is 5.91 Å². The van der Waals surface area contributed by atoms with E-state index in [9.17, 15) is 19.2 Å². The summed E-state index contributed by atoms with van der Waals surface area (Å²) < 4.78 is 14.9. The average Bonchev–Trinajstić information content (AvgIpc) is 2.94. The summed E-state index contributed by atoms with van der Waals surface area (Å²) in [6, 6.07) is 0. The number of carbonyl (C=O) groups excluding carboxylic acids is 4. The third-order valence-electron chi connectivity index (χ3n) is 3.44. The molecule has 1 aromatic rings. The summed E-state index contributed by atoms with van der Waals surface area (Å²) >= 11 is 0.917. The lowest BCUT2D eigenvalue weighted by atomic mass is 10.1. The van der Waals surface area contributed by atoms with E-state index in [1.807, 2.05) is 6.92 Å². The van der Waals surface area contributed by atoms with Crippen molar-refractivity contribution in [2.75, 3.05) is 25.1 Å². The van der Waals surface area contributed by atoms with Crippen LogP contribution in [0.4, 0.5) is 5.00 Å². The van der Waals surface area contributed by atoms with E-state index in [-0.39, 0.29) is 35.1 Å². The normalized spacial score (nSPS) is 10.2. The molecule has 1 rings (SSSR count). The Morgan fingerprint density at radius 2 is 1.59 bits per heavy atom. The molecule has 1 heterocycles. The van der Waals surface area contributed by atoms with Crippen LogP contribution < -0.4 is 5.32 Å². The minimum Gasteiger partial charge on any atom is -0.462 e. The van der Waals surface area contributed by atoms with Crippen LogP contribution in [0.25, 0.3) is 0 Å². The first-order valence-corrected chi connectivity index (χ1v) is 9.60. The van der Waals surface area contributed by atoms with Gasteiger partial charge in [-0.05, 0) is 32.8 Å². The smallest absolute Gasteiger partial charge is 0.348 e. The lowest BCUT2D eigenvalue weighted by molar-refractivity contribution is -0.147. The molecule has 0 saturated heterocycles. The Morgan fingerprint density at radius 3 is 2.19 bits per heavy atom. The molecule has 0 aromatic carbocycles. The maximum atomic E-state index is 12.2. The van der Waals surface area contributed by atoms with Crippen LogP contribution in [0, 0.1) is 6.92 Å². The Hall–Kier alpha value is -2.42. The predicted molar refractivity (Wildman–Crippen MR) is 100 cm³/mol. The van der Waals surface area contributed by atoms with E-state index in [0.717, 1.165) is 17.8 Å². The van der Waals surface area contributed by atoms with Crippen molar-refractivity contribution < 1.29 is 33.4 Å². The fourth-order valence-corrected chi connectivity index (χ4v) is 3.25. The summed E-state index contributed by atoms with van der Waals surface area (Å²) in [7, 11) is 0. The van der Waals surface area contributed by atoms with Crippen molar-refractivity contribution in [3.8, 4) is 0 Å². The Bertz CT molecular complexity index is 696. The van der Waals surface area contributed by atoms with E-state index >= 15 is 0 Å². The van der Waals surface area contributed by atoms with Crippen LogP contribution in [0.15, 0.2) is 0 Å². The Labute approximate surface area is 162 Å². The van der Waals surface area contributed by atoms with Crippen LogP contribution in [0.3, 0.4) is 0 Å². The molecule has 0 radical (unpaired) electrons. The molecule has 0 atom stereocenters. The minimum absolute atomic E-state index is 0.0931. The Balaban J connectivity index is 2.95. The molecule has 0 aliphatic rings. The van der Waals surface area contributed by atoms with E-state index in [0.29, 0.717) is 12.0 Å². The Kier molecular flexibility index (Phi) is 9.49. The summed E-state index contributed by atoms with van der Waals surface area (Å²) in [5.74, 6) is -2.32. The monoisotopic (exact) mass is 399 g/mol. The molecule has 0 aliphatic heterocycles. The zero-order valence-electron chi connectivity index (χ0n) is 16.0. The third kappa shape index (κ3) is 6.67. The van der Waals surface area contributed by atoms with Gasteiger partial charge in [-0.15, -0.1) is 11.3 Å². The van der Waals surface area contributed by atoms with Crippen molar-refractivity contribution in [2.45, 2.75) is 47.0 Å². The molecule has 1 aromatic heterocycles. The molecule has 1 amide bonds. The van der Waals surface area contributed by atoms with Crippen LogP contribution in [-0.4, -0.2) is 43.6 Å². The standard InChI is InChI=1S/C18H25NO7S/c1-5-8-9-13(21)26-10-12(20)19-16-14(17(22)24-6-2)11(4)15(27-16)18(23)25-7-3/h5-10H2,1-4H3,(H,19,20). The summed E-state index contributed by atoms with van der Waals surface area (Å²) in [6.45, 7) is 6.69. The lowest BCUT2D eigenvalue weighted by Gasteiger charge is -2.07. The number of anilines is 1. The Morgan fingerprint density at radius 1 is 0.963 bits per heavy atom. The highest BCUT2D eigenvalue weighted by atomic mass is 32.1. The van der Waals surface area contributed by atoms with Crippen LogP contribution in [0.5, 0.6) is 0 Å². The first-order valence-electron chi connectivity index (χ1n) is 8.78. The maximum absolute atomic E-state index is 12.2. The van der Waals surface area contributed by atoms with Crippen molar-refractivity contribution in [2.24, 2.45) is 0 Å². The highest BCUT2D eigenvalue weighted by molar-refractivity contribution is 7.18. The predicted octanol–water partition coefficient (Wildman–Crippen LogP) is 3.08. The minimum atomic E-state index is -0.656. The number of hydrogen-bond donors (Lipinski definition) is 1. The van der Waals surface area contributed by atoms with Gasteiger partial charge in [0.2, 0.25) is 0 Å². The molecule has 0 aliphatic carbocycles. The van der Waals surface area contributed by atoms with Gasteiger partial charge in [0, 0.05) is 6.42 Å². The second-order valence-electron chi connectivity index (χ2n) is 5.51. The molecule has 0 spiro atoms. The molecule has 150 valence electrons. The fraction of sp³-hybridized carbons (Fsp3) is 0.556. The van der Waals surface area contributed by atoms with Gasteiger partial charge in [0.15, 0.2) is 6.61 Å². The average molecular weight is 399 g/mol. The topological polar surface area (TPSA) is 108 Å². The molecule has 0 unspecified atom stereocenters. The van der Waals surface area contributed by atoms with Gasteiger partial charge in [-0.3, -0.25) is 9.59 Å². The molecular weight excluding hydrogens is 374 g/mol. The first-order chi connectivity index (χ1) is 12.8. The van der Waals surface area contributed by atoms with Gasteiger partial charge in [-0.25, -0.2) is 9.59 Å². The van der Waals surface area contributed by atoms with Crippen molar-refractivity contribution in [1.29, 1.82) is 0 Å². The maximum Gasteiger partial charge on any atom is 0.348 e. The van der Waals surface area contributed by atoms with E-state index in [2.05, 4.69) is 5.32 Å². The third-order valence-corrected chi connectivity index (χ3v) is 4.63. The molecule has 8 nitrogen and oxygen atoms in total. The van der Waals surface area contributed by atoms with Gasteiger partial charge in [-0.2, -0.15) is 0 Å². The number of hydrogen-bond acceptors (Lipinski definition) is 8. The van der Waals surface area contributed by atoms with Crippen LogP contribution in [0.2, 0.25) is 0 Å². The lowest BCUT2D eigenvalue weighted by Crippen LogP contribution is -2.21. The van der Waals surface area contributed by atoms with Crippen LogP contribution >= 0.6 is 11.3 Å². The number of unbranched alkanes of at least 4 members (excludes halogenated alkanes) is 1. The SMILES string of the molecule is CCCCC(=O)OCC(=O)Nc1sc(C(=O)OCC)c(C)c1C(=O)OCC. The molecular formula is C18H25NO7S. The zero-order valence-corrected chi connectivity index (χ0v) is 16.8. The number of carbonyl (C=O) groups is 4. The van der Waals surface area contributed by atoms with Gasteiger partial charge < -0.3 is 19.5 Å². The number of ether oxygens (including phenoxy) is 3. The fourth-order valence-electron chi connectivity index (χ4n) is 2.14. The van der Waals surface area contributed by atoms with E-state index in [4.69, 9.17) is 14.2 Å². The van der Waals surface area contributed by atoms with Gasteiger partial charge >= 0.3 is 17.9 Å². The molecule has 0 bridgehead atoms. The molecule has 27 heavy (non-hydrogen) atoms. The van der Waals surface area contributed by atoms with Gasteiger partial charge in [-0.1, -0.05) is 13.3 Å². The molecule has 0 fully saturated rings. The number of amides is 1. The number of thiophene rings is 1. The summed E-state index contributed by atoms with van der Waals surface area (Å²) in [5.41, 5.74) is 0.461. The quantitative estimate of drug-likeness (QED) is 0.476. The molecule has 1 N–H and O–H groups in total. The van der Waals surface area contributed by atoms with Crippen molar-refractivity contribution >= 4 is 40.2 Å². The number of rotatable bonds is 10. The number of esters is 3. The van der Waals surface area contributed by atoms with E-state index in [1.54, 1.807) is 20.8 Å². The van der Waals surface area contributed by atoms with E-state index < -0.39 is 30.4 Å². The van der Waals surface area contributed by atoms with Crippen molar-refractivity contribution in [1.82, 2.24) is 0 Å².